The molecule has 15 nitrogen and oxygen atoms in total. The Bertz CT molecular complexity index is 2810. The number of anilines is 6. The molecule has 3 amide bonds. The third kappa shape index (κ3) is 8.50. The van der Waals surface area contributed by atoms with E-state index in [4.69, 9.17) is 4.11 Å². The van der Waals surface area contributed by atoms with E-state index in [2.05, 4.69) is 59.7 Å². The number of benzene rings is 1. The molecule has 0 bridgehead atoms. The van der Waals surface area contributed by atoms with E-state index in [0.29, 0.717) is 64.7 Å². The number of nitrogens with zero attached hydrogens (tertiary/aromatic N) is 7. The fraction of sp³-hybridized carbons (Fsp3) is 0.429. The summed E-state index contributed by atoms with van der Waals surface area (Å²) in [5, 5.41) is 19.6. The molecule has 5 aliphatic rings. The molecule has 1 unspecified atom stereocenters. The number of carbonyl (C=O) groups is 3. The van der Waals surface area contributed by atoms with Gasteiger partial charge < -0.3 is 30.1 Å². The van der Waals surface area contributed by atoms with E-state index in [1.54, 1.807) is 46.8 Å². The number of aliphatic hydroxyl groups excluding tert-OH is 1. The van der Waals surface area contributed by atoms with Crippen LogP contribution in [-0.4, -0.2) is 99.7 Å². The van der Waals surface area contributed by atoms with Crippen LogP contribution in [-0.2, 0) is 42.4 Å². The summed E-state index contributed by atoms with van der Waals surface area (Å²) in [5.41, 5.74) is 5.79. The van der Waals surface area contributed by atoms with Gasteiger partial charge >= 0.3 is 0 Å². The smallest absolute Gasteiger partial charge is 0.274 e. The molecule has 1 aromatic carbocycles. The zero-order valence-corrected chi connectivity index (χ0v) is 37.3. The van der Waals surface area contributed by atoms with E-state index in [-0.39, 0.29) is 29.5 Å². The van der Waals surface area contributed by atoms with Crippen LogP contribution in [0, 0.1) is 0 Å². The predicted octanol–water partition coefficient (Wildman–Crippen LogP) is 5.62. The second-order valence-electron chi connectivity index (χ2n) is 17.8. The summed E-state index contributed by atoms with van der Waals surface area (Å²) in [5.74, 6) is 0.0176. The van der Waals surface area contributed by atoms with Crippen molar-refractivity contribution in [2.24, 2.45) is 6.98 Å². The van der Waals surface area contributed by atoms with Crippen LogP contribution in [0.25, 0.3) is 11.1 Å². The fourth-order valence-corrected chi connectivity index (χ4v) is 11.8. The van der Waals surface area contributed by atoms with Crippen LogP contribution in [0.4, 0.5) is 34.4 Å². The first-order valence-corrected chi connectivity index (χ1v) is 23.6. The maximum atomic E-state index is 14.0. The van der Waals surface area contributed by atoms with Gasteiger partial charge in [0.25, 0.3) is 11.5 Å². The zero-order valence-electron chi connectivity index (χ0n) is 39.5. The van der Waals surface area contributed by atoms with Crippen LogP contribution in [0.5, 0.6) is 0 Å². The van der Waals surface area contributed by atoms with Gasteiger partial charge in [-0.1, -0.05) is 6.07 Å². The number of hydrogen-bond donors (Lipinski definition) is 4. The number of aliphatic hydroxyl groups is 1. The molecule has 10 rings (SSSR count). The highest BCUT2D eigenvalue weighted by Crippen LogP contribution is 2.40. The molecule has 5 aromatic rings. The Hall–Kier alpha value is -6.10. The van der Waals surface area contributed by atoms with Gasteiger partial charge in [0.2, 0.25) is 11.8 Å². The molecule has 1 aliphatic carbocycles. The van der Waals surface area contributed by atoms with Crippen molar-refractivity contribution in [1.29, 1.82) is 0 Å². The third-order valence-electron chi connectivity index (χ3n) is 13.9. The molecular formula is C49H56N10O5S. The van der Waals surface area contributed by atoms with Gasteiger partial charge in [-0.05, 0) is 117 Å². The third-order valence-corrected chi connectivity index (χ3v) is 15.2. The zero-order chi connectivity index (χ0) is 47.3. The summed E-state index contributed by atoms with van der Waals surface area (Å²) in [6, 6.07) is 15.4. The SMILES string of the molecule is [2H]C([2H])([2H])n1cc(-c2ccnc(N3CCc4c(sc5c4CCCC5)C3=O)c2CO)cc(Nc2ccc(N3CCN(C4CCN(c5cccc(NC6CCC(=O)NC6=O)c5)CC4)C[C@@H]3C)cn2)c1=O. The number of pyridine rings is 3. The highest BCUT2D eigenvalue weighted by molar-refractivity contribution is 7.14. The van der Waals surface area contributed by atoms with Crippen molar-refractivity contribution in [2.75, 3.05) is 64.6 Å². The van der Waals surface area contributed by atoms with Gasteiger partial charge in [-0.25, -0.2) is 9.97 Å². The number of amides is 3. The second kappa shape index (κ2) is 18.1. The van der Waals surface area contributed by atoms with Gasteiger partial charge in [0.1, 0.15) is 23.4 Å². The van der Waals surface area contributed by atoms with Crippen molar-refractivity contribution < 1.29 is 23.6 Å². The molecule has 0 saturated carbocycles. The van der Waals surface area contributed by atoms with Crippen LogP contribution in [0.15, 0.2) is 71.9 Å². The molecule has 3 fully saturated rings. The molecule has 338 valence electrons. The number of fused-ring (bicyclic) bond motifs is 3. The van der Waals surface area contributed by atoms with Crippen molar-refractivity contribution in [3.63, 3.8) is 0 Å². The van der Waals surface area contributed by atoms with Crippen molar-refractivity contribution in [2.45, 2.75) is 89.4 Å². The number of carbonyl (C=O) groups excluding carboxylic acids is 3. The lowest BCUT2D eigenvalue weighted by molar-refractivity contribution is -0.133. The minimum absolute atomic E-state index is 0.00592. The van der Waals surface area contributed by atoms with E-state index in [0.717, 1.165) is 98.8 Å². The fourth-order valence-electron chi connectivity index (χ4n) is 10.5. The van der Waals surface area contributed by atoms with Gasteiger partial charge in [0, 0.05) is 109 Å². The average molecular weight is 900 g/mol. The summed E-state index contributed by atoms with van der Waals surface area (Å²) in [4.78, 5) is 71.9. The van der Waals surface area contributed by atoms with E-state index in [1.165, 1.54) is 16.6 Å². The summed E-state index contributed by atoms with van der Waals surface area (Å²) >= 11 is 1.57. The van der Waals surface area contributed by atoms with Crippen LogP contribution in [0.3, 0.4) is 0 Å². The second-order valence-corrected chi connectivity index (χ2v) is 18.9. The molecule has 4 aromatic heterocycles. The Morgan fingerprint density at radius 3 is 2.55 bits per heavy atom. The monoisotopic (exact) mass is 899 g/mol. The minimum atomic E-state index is -2.81. The Kier molecular flexibility index (Phi) is 10.9. The lowest BCUT2D eigenvalue weighted by atomic mass is 9.92. The Balaban J connectivity index is 0.798. The minimum Gasteiger partial charge on any atom is -0.392 e. The molecule has 3 saturated heterocycles. The summed E-state index contributed by atoms with van der Waals surface area (Å²) < 4.78 is 25.5. The maximum absolute atomic E-state index is 14.0. The number of thiophene rings is 1. The van der Waals surface area contributed by atoms with E-state index in [1.807, 2.05) is 18.2 Å². The van der Waals surface area contributed by atoms with Gasteiger partial charge in [-0.3, -0.25) is 34.3 Å². The van der Waals surface area contributed by atoms with Crippen molar-refractivity contribution in [1.82, 2.24) is 24.8 Å². The van der Waals surface area contributed by atoms with Crippen molar-refractivity contribution >= 4 is 63.4 Å². The van der Waals surface area contributed by atoms with Crippen LogP contribution >= 0.6 is 11.3 Å². The van der Waals surface area contributed by atoms with Gasteiger partial charge in [0.05, 0.1) is 23.4 Å². The lowest BCUT2D eigenvalue weighted by Gasteiger charge is -2.46. The summed E-state index contributed by atoms with van der Waals surface area (Å²) in [7, 11) is 0. The number of piperazine rings is 1. The van der Waals surface area contributed by atoms with Crippen molar-refractivity contribution in [3.8, 4) is 11.1 Å². The molecule has 0 spiro atoms. The number of hydrogen-bond acceptors (Lipinski definition) is 13. The highest BCUT2D eigenvalue weighted by Gasteiger charge is 2.35. The molecule has 65 heavy (non-hydrogen) atoms. The van der Waals surface area contributed by atoms with Gasteiger partial charge in [0.15, 0.2) is 0 Å². The lowest BCUT2D eigenvalue weighted by Crippen LogP contribution is -2.57. The maximum Gasteiger partial charge on any atom is 0.274 e. The standard InChI is InChI=1S/C49H56N10O5S/c1-30-27-57(33-15-19-56(20-16-33)34-7-5-6-32(25-34)52-40-11-13-44(61)54-47(40)62)22-23-58(30)35-10-12-43(51-26-35)53-41-24-31(28-55(2)48(41)63)36-14-18-50-46(39(36)29-60)59-21-17-38-37-8-3-4-9-42(37)65-45(38)49(59)64/h5-7,10,12,14,18,24-26,28,30,33,40,52,60H,3-4,8-9,11,13,15-17,19-23,27,29H2,1-2H3,(H,51,53)(H,54,61,62)/t30-,40?/m0/s1/i2D3. The Morgan fingerprint density at radius 1 is 0.908 bits per heavy atom. The number of aryl methyl sites for hydroxylation is 2. The van der Waals surface area contributed by atoms with Crippen molar-refractivity contribution in [3.05, 3.63) is 104 Å². The molecule has 4 N–H and O–H groups in total. The molecular weight excluding hydrogens is 841 g/mol. The Labute approximate surface area is 386 Å². The largest absolute Gasteiger partial charge is 0.392 e. The number of piperidine rings is 2. The molecule has 2 atom stereocenters. The summed E-state index contributed by atoms with van der Waals surface area (Å²) in [6.45, 7) is 3.80. The number of nitrogens with one attached hydrogen (secondary N) is 3. The first-order chi connectivity index (χ1) is 32.8. The average Bonchev–Trinajstić information content (AvgIpc) is 3.73. The summed E-state index contributed by atoms with van der Waals surface area (Å²) in [6.07, 6.45) is 12.4. The number of aromatic nitrogens is 3. The molecule has 4 aliphatic heterocycles. The van der Waals surface area contributed by atoms with Gasteiger partial charge in [-0.15, -0.1) is 11.3 Å². The Morgan fingerprint density at radius 2 is 1.77 bits per heavy atom. The van der Waals surface area contributed by atoms with Crippen LogP contribution < -0.4 is 36.2 Å². The van der Waals surface area contributed by atoms with E-state index in [9.17, 15) is 24.3 Å². The molecule has 8 heterocycles. The van der Waals surface area contributed by atoms with Crippen LogP contribution in [0.1, 0.15) is 80.8 Å². The first-order valence-electron chi connectivity index (χ1n) is 24.3. The molecule has 16 heteroatoms. The van der Waals surface area contributed by atoms with E-state index >= 15 is 0 Å². The number of rotatable bonds is 10. The van der Waals surface area contributed by atoms with Gasteiger partial charge in [-0.2, -0.15) is 0 Å². The normalized spacial score (nSPS) is 21.5. The topological polar surface area (TPSA) is 168 Å². The quantitative estimate of drug-likeness (QED) is 0.128. The molecule has 0 radical (unpaired) electrons. The first kappa shape index (κ1) is 39.3. The highest BCUT2D eigenvalue weighted by atomic mass is 32.1. The van der Waals surface area contributed by atoms with Crippen LogP contribution in [0.2, 0.25) is 0 Å². The number of imide groups is 1. The predicted molar refractivity (Wildman–Crippen MR) is 255 cm³/mol. The van der Waals surface area contributed by atoms with E-state index < -0.39 is 25.2 Å².